The molecule has 1 aromatic heterocycles. The second-order valence-electron chi connectivity index (χ2n) is 4.30. The maximum Gasteiger partial charge on any atom is 0.308 e. The molecule has 0 saturated carbocycles. The van der Waals surface area contributed by atoms with Gasteiger partial charge in [-0.2, -0.15) is 4.39 Å². The maximum atomic E-state index is 12.9. The van der Waals surface area contributed by atoms with Gasteiger partial charge in [0.05, 0.1) is 5.92 Å². The molecule has 0 aromatic carbocycles. The Balaban J connectivity index is 2.11. The van der Waals surface area contributed by atoms with Crippen LogP contribution < -0.4 is 0 Å². The van der Waals surface area contributed by atoms with Crippen molar-refractivity contribution in [1.29, 1.82) is 0 Å². The number of aliphatic carboxylic acids is 1. The molecule has 0 spiro atoms. The first-order chi connectivity index (χ1) is 8.58. The molecular formula is C12H13FN2O3. The first-order valence-electron chi connectivity index (χ1n) is 5.71. The van der Waals surface area contributed by atoms with E-state index in [0.29, 0.717) is 19.4 Å². The number of amides is 1. The average molecular weight is 252 g/mol. The van der Waals surface area contributed by atoms with Gasteiger partial charge in [-0.25, -0.2) is 4.98 Å². The molecule has 1 atom stereocenters. The minimum absolute atomic E-state index is 0.179. The zero-order valence-corrected chi connectivity index (χ0v) is 9.67. The van der Waals surface area contributed by atoms with E-state index in [-0.39, 0.29) is 18.0 Å². The van der Waals surface area contributed by atoms with Crippen LogP contribution in [0.25, 0.3) is 0 Å². The Hall–Kier alpha value is -1.98. The number of hydrogen-bond donors (Lipinski definition) is 1. The van der Waals surface area contributed by atoms with E-state index in [2.05, 4.69) is 4.98 Å². The number of carbonyl (C=O) groups is 2. The van der Waals surface area contributed by atoms with E-state index in [1.165, 1.54) is 17.2 Å². The second-order valence-corrected chi connectivity index (χ2v) is 4.30. The van der Waals surface area contributed by atoms with Gasteiger partial charge < -0.3 is 10.0 Å². The number of hydrogen-bond acceptors (Lipinski definition) is 3. The molecule has 18 heavy (non-hydrogen) atoms. The third-order valence-electron chi connectivity index (χ3n) is 3.03. The Morgan fingerprint density at radius 3 is 2.94 bits per heavy atom. The number of carbonyl (C=O) groups excluding carboxylic acids is 1. The third-order valence-corrected chi connectivity index (χ3v) is 3.03. The van der Waals surface area contributed by atoms with Crippen LogP contribution in [-0.4, -0.2) is 40.0 Å². The van der Waals surface area contributed by atoms with Crippen molar-refractivity contribution in [3.05, 3.63) is 29.8 Å². The van der Waals surface area contributed by atoms with Gasteiger partial charge in [0.1, 0.15) is 0 Å². The van der Waals surface area contributed by atoms with Gasteiger partial charge in [-0.3, -0.25) is 9.59 Å². The Morgan fingerprint density at radius 2 is 2.28 bits per heavy atom. The quantitative estimate of drug-likeness (QED) is 0.802. The van der Waals surface area contributed by atoms with Gasteiger partial charge in [-0.05, 0) is 18.9 Å². The molecule has 1 aromatic rings. The minimum Gasteiger partial charge on any atom is -0.481 e. The van der Waals surface area contributed by atoms with Crippen molar-refractivity contribution in [3.63, 3.8) is 0 Å². The standard InChI is InChI=1S/C12H13FN2O3/c13-10-6-8(3-4-14-10)11(16)15-5-1-2-9(7-15)12(17)18/h3-4,6,9H,1-2,5,7H2,(H,17,18). The van der Waals surface area contributed by atoms with Gasteiger partial charge >= 0.3 is 5.97 Å². The lowest BCUT2D eigenvalue weighted by atomic mass is 9.98. The van der Waals surface area contributed by atoms with Crippen LogP contribution in [0.5, 0.6) is 0 Å². The molecule has 2 rings (SSSR count). The van der Waals surface area contributed by atoms with E-state index in [9.17, 15) is 14.0 Å². The van der Waals surface area contributed by atoms with E-state index in [4.69, 9.17) is 5.11 Å². The van der Waals surface area contributed by atoms with Crippen LogP contribution in [0.3, 0.4) is 0 Å². The van der Waals surface area contributed by atoms with Crippen LogP contribution in [-0.2, 0) is 4.79 Å². The van der Waals surface area contributed by atoms with Gasteiger partial charge in [0.15, 0.2) is 0 Å². The lowest BCUT2D eigenvalue weighted by Gasteiger charge is -2.30. The van der Waals surface area contributed by atoms with Crippen molar-refractivity contribution in [2.45, 2.75) is 12.8 Å². The van der Waals surface area contributed by atoms with Gasteiger partial charge in [-0.1, -0.05) is 0 Å². The predicted molar refractivity (Wildman–Crippen MR) is 60.5 cm³/mol. The summed E-state index contributed by atoms with van der Waals surface area (Å²) in [5, 5.41) is 8.94. The highest BCUT2D eigenvalue weighted by atomic mass is 19.1. The van der Waals surface area contributed by atoms with E-state index in [0.717, 1.165) is 6.07 Å². The minimum atomic E-state index is -0.895. The van der Waals surface area contributed by atoms with E-state index in [1.807, 2.05) is 0 Å². The summed E-state index contributed by atoms with van der Waals surface area (Å²) < 4.78 is 12.9. The summed E-state index contributed by atoms with van der Waals surface area (Å²) >= 11 is 0. The normalized spacial score (nSPS) is 19.6. The second kappa shape index (κ2) is 5.12. The van der Waals surface area contributed by atoms with Crippen molar-refractivity contribution >= 4 is 11.9 Å². The van der Waals surface area contributed by atoms with Gasteiger partial charge in [-0.15, -0.1) is 0 Å². The molecule has 6 heteroatoms. The molecule has 1 fully saturated rings. The molecule has 1 amide bonds. The number of piperidine rings is 1. The Bertz CT molecular complexity index is 478. The molecule has 5 nitrogen and oxygen atoms in total. The number of likely N-dealkylation sites (tertiary alicyclic amines) is 1. The Morgan fingerprint density at radius 1 is 1.50 bits per heavy atom. The van der Waals surface area contributed by atoms with E-state index >= 15 is 0 Å². The highest BCUT2D eigenvalue weighted by Gasteiger charge is 2.28. The molecule has 0 aliphatic carbocycles. The number of carboxylic acids is 1. The Kier molecular flexibility index (Phi) is 3.55. The molecule has 1 unspecified atom stereocenters. The smallest absolute Gasteiger partial charge is 0.308 e. The molecule has 2 heterocycles. The summed E-state index contributed by atoms with van der Waals surface area (Å²) in [6.45, 7) is 0.685. The highest BCUT2D eigenvalue weighted by molar-refractivity contribution is 5.94. The zero-order valence-electron chi connectivity index (χ0n) is 9.67. The van der Waals surface area contributed by atoms with Crippen molar-refractivity contribution in [2.75, 3.05) is 13.1 Å². The summed E-state index contributed by atoms with van der Waals surface area (Å²) in [4.78, 5) is 27.8. The van der Waals surface area contributed by atoms with Crippen LogP contribution in [0, 0.1) is 11.9 Å². The molecular weight excluding hydrogens is 239 g/mol. The monoisotopic (exact) mass is 252 g/mol. The van der Waals surface area contributed by atoms with Gasteiger partial charge in [0.2, 0.25) is 5.95 Å². The van der Waals surface area contributed by atoms with Crippen molar-refractivity contribution < 1.29 is 19.1 Å². The number of aromatic nitrogens is 1. The number of halogens is 1. The van der Waals surface area contributed by atoms with Crippen LogP contribution in [0.2, 0.25) is 0 Å². The van der Waals surface area contributed by atoms with Gasteiger partial charge in [0.25, 0.3) is 5.91 Å². The zero-order chi connectivity index (χ0) is 13.1. The summed E-state index contributed by atoms with van der Waals surface area (Å²) in [5.74, 6) is -2.49. The maximum absolute atomic E-state index is 12.9. The highest BCUT2D eigenvalue weighted by Crippen LogP contribution is 2.18. The molecule has 1 N–H and O–H groups in total. The summed E-state index contributed by atoms with van der Waals surface area (Å²) in [7, 11) is 0. The van der Waals surface area contributed by atoms with Crippen molar-refractivity contribution in [1.82, 2.24) is 9.88 Å². The fraction of sp³-hybridized carbons (Fsp3) is 0.417. The third kappa shape index (κ3) is 2.64. The van der Waals surface area contributed by atoms with Crippen molar-refractivity contribution in [2.24, 2.45) is 5.92 Å². The van der Waals surface area contributed by atoms with Crippen LogP contribution in [0.1, 0.15) is 23.2 Å². The first kappa shape index (κ1) is 12.5. The summed E-state index contributed by atoms with van der Waals surface area (Å²) in [6, 6.07) is 2.49. The molecule has 0 radical (unpaired) electrons. The SMILES string of the molecule is O=C(O)C1CCCN(C(=O)c2ccnc(F)c2)C1. The number of carboxylic acid groups (broad SMARTS) is 1. The number of nitrogens with zero attached hydrogens (tertiary/aromatic N) is 2. The molecule has 1 aliphatic heterocycles. The fourth-order valence-electron chi connectivity index (χ4n) is 2.08. The molecule has 1 saturated heterocycles. The van der Waals surface area contributed by atoms with Crippen LogP contribution in [0.15, 0.2) is 18.3 Å². The average Bonchev–Trinajstić information content (AvgIpc) is 2.38. The molecule has 96 valence electrons. The van der Waals surface area contributed by atoms with Crippen molar-refractivity contribution in [3.8, 4) is 0 Å². The predicted octanol–water partition coefficient (Wildman–Crippen LogP) is 1.16. The Labute approximate surface area is 103 Å². The lowest BCUT2D eigenvalue weighted by molar-refractivity contribution is -0.143. The summed E-state index contributed by atoms with van der Waals surface area (Å²) in [5.41, 5.74) is 0.202. The summed E-state index contributed by atoms with van der Waals surface area (Å²) in [6.07, 6.45) is 2.45. The van der Waals surface area contributed by atoms with Crippen LogP contribution in [0.4, 0.5) is 4.39 Å². The van der Waals surface area contributed by atoms with E-state index in [1.54, 1.807) is 0 Å². The first-order valence-corrected chi connectivity index (χ1v) is 5.71. The van der Waals surface area contributed by atoms with Crippen LogP contribution >= 0.6 is 0 Å². The fourth-order valence-corrected chi connectivity index (χ4v) is 2.08. The lowest BCUT2D eigenvalue weighted by Crippen LogP contribution is -2.42. The largest absolute Gasteiger partial charge is 0.481 e. The van der Waals surface area contributed by atoms with E-state index < -0.39 is 17.8 Å². The number of pyridine rings is 1. The number of rotatable bonds is 2. The molecule has 0 bridgehead atoms. The topological polar surface area (TPSA) is 70.5 Å². The molecule has 1 aliphatic rings. The van der Waals surface area contributed by atoms with Gasteiger partial charge in [0, 0.05) is 30.9 Å².